The van der Waals surface area contributed by atoms with Crippen molar-refractivity contribution in [1.82, 2.24) is 4.98 Å². The van der Waals surface area contributed by atoms with Crippen LogP contribution in [-0.4, -0.2) is 16.1 Å². The number of carboxylic acid groups (broad SMARTS) is 1. The van der Waals surface area contributed by atoms with Gasteiger partial charge in [0.25, 0.3) is 0 Å². The Balaban J connectivity index is 0.00000144. The lowest BCUT2D eigenvalue weighted by Crippen LogP contribution is -2.15. The number of pyridine rings is 1. The summed E-state index contributed by atoms with van der Waals surface area (Å²) in [5.41, 5.74) is 7.40. The number of nitrogens with zero attached hydrogens (tertiary/aromatic N) is 1. The highest BCUT2D eigenvalue weighted by Crippen LogP contribution is 2.18. The van der Waals surface area contributed by atoms with E-state index in [1.165, 1.54) is 0 Å². The average Bonchev–Trinajstić information content (AvgIpc) is 2.27. The Morgan fingerprint density at radius 1 is 1.33 bits per heavy atom. The molecular weight excluding hydrogens is 275 g/mol. The molecule has 0 aliphatic carbocycles. The Labute approximate surface area is 117 Å². The smallest absolute Gasteiger partial charge is 0.305 e. The molecule has 1 atom stereocenters. The Morgan fingerprint density at radius 2 is 2.00 bits per heavy atom. The molecular formula is C12H14Cl2N2O2. The third kappa shape index (κ3) is 3.84. The van der Waals surface area contributed by atoms with E-state index in [1.807, 2.05) is 30.3 Å². The molecule has 4 nitrogen and oxygen atoms in total. The number of para-hydroxylation sites is 1. The van der Waals surface area contributed by atoms with Crippen LogP contribution in [0, 0.1) is 0 Å². The molecule has 0 bridgehead atoms. The molecule has 1 heterocycles. The minimum atomic E-state index is -0.902. The molecule has 6 heteroatoms. The summed E-state index contributed by atoms with van der Waals surface area (Å²) < 4.78 is 0. The van der Waals surface area contributed by atoms with Gasteiger partial charge in [-0.2, -0.15) is 0 Å². The fraction of sp³-hybridized carbons (Fsp3) is 0.167. The number of hydrogen-bond acceptors (Lipinski definition) is 3. The Kier molecular flexibility index (Phi) is 6.62. The van der Waals surface area contributed by atoms with Crippen LogP contribution in [0.25, 0.3) is 10.9 Å². The number of nitrogens with two attached hydrogens (primary N) is 1. The molecule has 0 amide bonds. The highest BCUT2D eigenvalue weighted by molar-refractivity contribution is 5.85. The molecule has 2 rings (SSSR count). The van der Waals surface area contributed by atoms with Gasteiger partial charge in [0.05, 0.1) is 11.9 Å². The van der Waals surface area contributed by atoms with Gasteiger partial charge < -0.3 is 10.8 Å². The molecule has 0 saturated carbocycles. The lowest BCUT2D eigenvalue weighted by molar-refractivity contribution is -0.137. The molecule has 18 heavy (non-hydrogen) atoms. The monoisotopic (exact) mass is 288 g/mol. The largest absolute Gasteiger partial charge is 0.481 e. The summed E-state index contributed by atoms with van der Waals surface area (Å²) in [5, 5.41) is 9.63. The maximum Gasteiger partial charge on any atom is 0.305 e. The number of benzene rings is 1. The van der Waals surface area contributed by atoms with Crippen LogP contribution >= 0.6 is 24.8 Å². The van der Waals surface area contributed by atoms with Crippen LogP contribution in [0.5, 0.6) is 0 Å². The van der Waals surface area contributed by atoms with E-state index in [-0.39, 0.29) is 31.2 Å². The number of hydrogen-bond donors (Lipinski definition) is 2. The number of halogens is 2. The molecule has 0 saturated heterocycles. The first-order valence-electron chi connectivity index (χ1n) is 4.99. The molecule has 98 valence electrons. The van der Waals surface area contributed by atoms with Crippen LogP contribution in [0.3, 0.4) is 0 Å². The number of aliphatic carboxylic acids is 1. The lowest BCUT2D eigenvalue weighted by Gasteiger charge is -2.09. The van der Waals surface area contributed by atoms with E-state index >= 15 is 0 Å². The average molecular weight is 289 g/mol. The third-order valence-corrected chi connectivity index (χ3v) is 2.43. The lowest BCUT2D eigenvalue weighted by atomic mass is 10.0. The number of fused-ring (bicyclic) bond motifs is 1. The van der Waals surface area contributed by atoms with Gasteiger partial charge in [0.2, 0.25) is 0 Å². The third-order valence-electron chi connectivity index (χ3n) is 2.43. The van der Waals surface area contributed by atoms with Crippen LogP contribution in [0.4, 0.5) is 0 Å². The molecule has 3 N–H and O–H groups in total. The van der Waals surface area contributed by atoms with Crippen molar-refractivity contribution in [2.24, 2.45) is 5.73 Å². The standard InChI is InChI=1S/C12H12N2O2.2ClH/c13-10(6-12(15)16)9-5-8-3-1-2-4-11(8)14-7-9;;/h1-5,7,10H,6,13H2,(H,15,16);2*1H/t10-;;/m0../s1. The molecule has 0 unspecified atom stereocenters. The van der Waals surface area contributed by atoms with Gasteiger partial charge in [-0.25, -0.2) is 0 Å². The topological polar surface area (TPSA) is 76.2 Å². The van der Waals surface area contributed by atoms with Gasteiger partial charge >= 0.3 is 5.97 Å². The normalized spacial score (nSPS) is 11.2. The van der Waals surface area contributed by atoms with Gasteiger partial charge in [-0.1, -0.05) is 18.2 Å². The number of rotatable bonds is 3. The fourth-order valence-electron chi connectivity index (χ4n) is 1.60. The van der Waals surface area contributed by atoms with Crippen molar-refractivity contribution in [1.29, 1.82) is 0 Å². The summed E-state index contributed by atoms with van der Waals surface area (Å²) in [4.78, 5) is 14.8. The maximum absolute atomic E-state index is 10.5. The molecule has 0 aliphatic heterocycles. The van der Waals surface area contributed by atoms with Crippen molar-refractivity contribution < 1.29 is 9.90 Å². The van der Waals surface area contributed by atoms with E-state index in [9.17, 15) is 4.79 Å². The van der Waals surface area contributed by atoms with E-state index in [1.54, 1.807) is 6.20 Å². The summed E-state index contributed by atoms with van der Waals surface area (Å²) in [7, 11) is 0. The molecule has 0 spiro atoms. The van der Waals surface area contributed by atoms with Crippen LogP contribution in [0.2, 0.25) is 0 Å². The Hall–Kier alpha value is -1.36. The fourth-order valence-corrected chi connectivity index (χ4v) is 1.60. The summed E-state index contributed by atoms with van der Waals surface area (Å²) >= 11 is 0. The number of aromatic nitrogens is 1. The van der Waals surface area contributed by atoms with Crippen LogP contribution in [0.15, 0.2) is 36.5 Å². The number of carbonyl (C=O) groups is 1. The van der Waals surface area contributed by atoms with Crippen molar-refractivity contribution in [3.8, 4) is 0 Å². The minimum Gasteiger partial charge on any atom is -0.481 e. The summed E-state index contributed by atoms with van der Waals surface area (Å²) in [6, 6.07) is 9.04. The quantitative estimate of drug-likeness (QED) is 0.910. The van der Waals surface area contributed by atoms with Crippen molar-refractivity contribution >= 4 is 41.7 Å². The Bertz CT molecular complexity index is 534. The molecule has 1 aromatic carbocycles. The van der Waals surface area contributed by atoms with Gasteiger partial charge in [0.1, 0.15) is 0 Å². The van der Waals surface area contributed by atoms with Crippen LogP contribution in [0.1, 0.15) is 18.0 Å². The zero-order valence-corrected chi connectivity index (χ0v) is 11.1. The van der Waals surface area contributed by atoms with Gasteiger partial charge in [-0.3, -0.25) is 9.78 Å². The predicted octanol–water partition coefficient (Wildman–Crippen LogP) is 2.55. The highest BCUT2D eigenvalue weighted by Gasteiger charge is 2.11. The molecule has 2 aromatic rings. The van der Waals surface area contributed by atoms with E-state index in [0.717, 1.165) is 16.5 Å². The second-order valence-electron chi connectivity index (χ2n) is 3.67. The zero-order valence-electron chi connectivity index (χ0n) is 9.45. The Morgan fingerprint density at radius 3 is 2.67 bits per heavy atom. The van der Waals surface area contributed by atoms with Crippen molar-refractivity contribution in [2.45, 2.75) is 12.5 Å². The minimum absolute atomic E-state index is 0. The zero-order chi connectivity index (χ0) is 11.5. The van der Waals surface area contributed by atoms with Gasteiger partial charge in [-0.05, 0) is 17.7 Å². The first kappa shape index (κ1) is 16.6. The van der Waals surface area contributed by atoms with Crippen molar-refractivity contribution in [2.75, 3.05) is 0 Å². The van der Waals surface area contributed by atoms with E-state index < -0.39 is 12.0 Å². The maximum atomic E-state index is 10.5. The van der Waals surface area contributed by atoms with Gasteiger partial charge in [-0.15, -0.1) is 24.8 Å². The molecule has 0 fully saturated rings. The predicted molar refractivity (Wildman–Crippen MR) is 75.4 cm³/mol. The molecule has 0 aliphatic rings. The summed E-state index contributed by atoms with van der Waals surface area (Å²) in [5.74, 6) is -0.902. The van der Waals surface area contributed by atoms with Gasteiger partial charge in [0, 0.05) is 17.6 Å². The van der Waals surface area contributed by atoms with Crippen molar-refractivity contribution in [3.05, 3.63) is 42.1 Å². The van der Waals surface area contributed by atoms with Gasteiger partial charge in [0.15, 0.2) is 0 Å². The molecule has 1 aromatic heterocycles. The van der Waals surface area contributed by atoms with E-state index in [4.69, 9.17) is 10.8 Å². The van der Waals surface area contributed by atoms with Crippen molar-refractivity contribution in [3.63, 3.8) is 0 Å². The summed E-state index contributed by atoms with van der Waals surface area (Å²) in [6.45, 7) is 0. The first-order valence-corrected chi connectivity index (χ1v) is 4.99. The SMILES string of the molecule is Cl.Cl.N[C@@H](CC(=O)O)c1cnc2ccccc2c1. The van der Waals surface area contributed by atoms with E-state index in [2.05, 4.69) is 4.98 Å². The first-order chi connectivity index (χ1) is 7.66. The van der Waals surface area contributed by atoms with Crippen LogP contribution < -0.4 is 5.73 Å². The second kappa shape index (κ2) is 7.16. The second-order valence-corrected chi connectivity index (χ2v) is 3.67. The summed E-state index contributed by atoms with van der Waals surface area (Å²) in [6.07, 6.45) is 1.55. The molecule has 0 radical (unpaired) electrons. The highest BCUT2D eigenvalue weighted by atomic mass is 35.5. The van der Waals surface area contributed by atoms with Crippen LogP contribution in [-0.2, 0) is 4.79 Å². The number of carboxylic acids is 1. The van der Waals surface area contributed by atoms with E-state index in [0.29, 0.717) is 0 Å².